The number of aromatic nitrogens is 3. The summed E-state index contributed by atoms with van der Waals surface area (Å²) < 4.78 is 4.96. The second-order valence-corrected chi connectivity index (χ2v) is 3.53. The number of non-ortho nitro benzene ring substituents is 1. The van der Waals surface area contributed by atoms with Gasteiger partial charge in [-0.25, -0.2) is 0 Å². The second-order valence-electron chi connectivity index (χ2n) is 3.53. The highest BCUT2D eigenvalue weighted by molar-refractivity contribution is 5.60. The second kappa shape index (κ2) is 5.25. The number of methoxy groups -OCH3 is 1. The van der Waals surface area contributed by atoms with Gasteiger partial charge in [-0.2, -0.15) is 15.0 Å². The maximum atomic E-state index is 10.7. The van der Waals surface area contributed by atoms with Crippen molar-refractivity contribution in [2.75, 3.05) is 19.5 Å². The normalized spacial score (nSPS) is 10.0. The van der Waals surface area contributed by atoms with E-state index >= 15 is 0 Å². The summed E-state index contributed by atoms with van der Waals surface area (Å²) in [6.45, 7) is 0. The third kappa shape index (κ3) is 2.73. The van der Waals surface area contributed by atoms with Crippen LogP contribution in [-0.4, -0.2) is 34.0 Å². The van der Waals surface area contributed by atoms with E-state index in [9.17, 15) is 10.1 Å². The van der Waals surface area contributed by atoms with Gasteiger partial charge in [0.2, 0.25) is 5.95 Å². The van der Waals surface area contributed by atoms with Gasteiger partial charge in [0.25, 0.3) is 5.69 Å². The van der Waals surface area contributed by atoms with Gasteiger partial charge < -0.3 is 10.1 Å². The lowest BCUT2D eigenvalue weighted by Gasteiger charge is -2.05. The van der Waals surface area contributed by atoms with E-state index in [0.29, 0.717) is 17.3 Å². The van der Waals surface area contributed by atoms with E-state index in [4.69, 9.17) is 4.74 Å². The number of hydrogen-bond donors (Lipinski definition) is 1. The van der Waals surface area contributed by atoms with Gasteiger partial charge in [0.1, 0.15) is 0 Å². The van der Waals surface area contributed by atoms with Crippen LogP contribution in [-0.2, 0) is 0 Å². The predicted molar refractivity (Wildman–Crippen MR) is 68.0 cm³/mol. The van der Waals surface area contributed by atoms with Crippen molar-refractivity contribution in [1.29, 1.82) is 0 Å². The molecule has 8 nitrogen and oxygen atoms in total. The fraction of sp³-hybridized carbons (Fsp3) is 0.182. The van der Waals surface area contributed by atoms with Gasteiger partial charge in [0, 0.05) is 24.7 Å². The Morgan fingerprint density at radius 2 is 2.11 bits per heavy atom. The number of ether oxygens (including phenoxy) is 1. The number of anilines is 1. The topological polar surface area (TPSA) is 103 Å². The molecule has 0 unspecified atom stereocenters. The van der Waals surface area contributed by atoms with E-state index < -0.39 is 4.92 Å². The van der Waals surface area contributed by atoms with Crippen LogP contribution < -0.4 is 10.1 Å². The summed E-state index contributed by atoms with van der Waals surface area (Å²) in [4.78, 5) is 22.4. The Kier molecular flexibility index (Phi) is 3.51. The average molecular weight is 261 g/mol. The Balaban J connectivity index is 2.51. The van der Waals surface area contributed by atoms with Crippen molar-refractivity contribution >= 4 is 11.6 Å². The van der Waals surface area contributed by atoms with Crippen LogP contribution in [0.3, 0.4) is 0 Å². The molecule has 0 bridgehead atoms. The smallest absolute Gasteiger partial charge is 0.321 e. The van der Waals surface area contributed by atoms with E-state index in [1.807, 2.05) is 0 Å². The molecule has 2 aromatic rings. The van der Waals surface area contributed by atoms with Crippen LogP contribution in [0.15, 0.2) is 24.3 Å². The highest BCUT2D eigenvalue weighted by Gasteiger charge is 2.12. The molecule has 1 N–H and O–H groups in total. The number of nitrogens with one attached hydrogen (secondary N) is 1. The van der Waals surface area contributed by atoms with Crippen molar-refractivity contribution in [3.05, 3.63) is 34.4 Å². The zero-order valence-electron chi connectivity index (χ0n) is 10.3. The van der Waals surface area contributed by atoms with Crippen LogP contribution in [0.2, 0.25) is 0 Å². The molecule has 0 spiro atoms. The molecule has 0 amide bonds. The van der Waals surface area contributed by atoms with Crippen LogP contribution in [0.4, 0.5) is 11.6 Å². The van der Waals surface area contributed by atoms with Crippen LogP contribution in [0, 0.1) is 10.1 Å². The first-order valence-electron chi connectivity index (χ1n) is 5.36. The minimum atomic E-state index is -0.471. The highest BCUT2D eigenvalue weighted by atomic mass is 16.6. The zero-order valence-corrected chi connectivity index (χ0v) is 10.3. The molecule has 0 radical (unpaired) electrons. The molecule has 0 aliphatic rings. The monoisotopic (exact) mass is 261 g/mol. The Bertz CT molecular complexity index is 595. The molecule has 1 aromatic heterocycles. The van der Waals surface area contributed by atoms with Crippen molar-refractivity contribution in [1.82, 2.24) is 15.0 Å². The zero-order chi connectivity index (χ0) is 13.8. The molecule has 19 heavy (non-hydrogen) atoms. The van der Waals surface area contributed by atoms with Crippen LogP contribution >= 0.6 is 0 Å². The molecule has 0 atom stereocenters. The first-order valence-corrected chi connectivity index (χ1v) is 5.36. The van der Waals surface area contributed by atoms with Crippen molar-refractivity contribution < 1.29 is 9.66 Å². The standard InChI is InChI=1S/C11H11N5O3/c1-12-10-13-9(14-11(15-10)19-2)7-4-3-5-8(6-7)16(17)18/h3-6H,1-2H3,(H,12,13,14,15). The molecule has 1 aromatic carbocycles. The SMILES string of the molecule is CNc1nc(OC)nc(-c2cccc([N+](=O)[O-])c2)n1. The third-order valence-electron chi connectivity index (χ3n) is 2.34. The Morgan fingerprint density at radius 1 is 1.32 bits per heavy atom. The molecule has 0 aliphatic heterocycles. The predicted octanol–water partition coefficient (Wildman–Crippen LogP) is 1.50. The summed E-state index contributed by atoms with van der Waals surface area (Å²) in [5.74, 6) is 0.633. The summed E-state index contributed by atoms with van der Waals surface area (Å²) in [7, 11) is 3.10. The largest absolute Gasteiger partial charge is 0.467 e. The van der Waals surface area contributed by atoms with Gasteiger partial charge in [0.05, 0.1) is 12.0 Å². The highest BCUT2D eigenvalue weighted by Crippen LogP contribution is 2.22. The average Bonchev–Trinajstić information content (AvgIpc) is 2.46. The van der Waals surface area contributed by atoms with Crippen LogP contribution in [0.5, 0.6) is 6.01 Å². The van der Waals surface area contributed by atoms with Crippen molar-refractivity contribution in [2.24, 2.45) is 0 Å². The number of nitro groups is 1. The minimum absolute atomic E-state index is 0.0251. The van der Waals surface area contributed by atoms with E-state index in [2.05, 4.69) is 20.3 Å². The number of rotatable bonds is 4. The van der Waals surface area contributed by atoms with Gasteiger partial charge in [-0.1, -0.05) is 12.1 Å². The van der Waals surface area contributed by atoms with E-state index in [1.165, 1.54) is 19.2 Å². The molecule has 98 valence electrons. The van der Waals surface area contributed by atoms with Crippen molar-refractivity contribution in [3.8, 4) is 17.4 Å². The van der Waals surface area contributed by atoms with Crippen LogP contribution in [0.1, 0.15) is 0 Å². The van der Waals surface area contributed by atoms with E-state index in [0.717, 1.165) is 0 Å². The Morgan fingerprint density at radius 3 is 2.74 bits per heavy atom. The van der Waals surface area contributed by atoms with Gasteiger partial charge in [-0.05, 0) is 0 Å². The fourth-order valence-electron chi connectivity index (χ4n) is 1.45. The van der Waals surface area contributed by atoms with Gasteiger partial charge >= 0.3 is 6.01 Å². The lowest BCUT2D eigenvalue weighted by atomic mass is 10.2. The molecule has 0 fully saturated rings. The number of nitrogens with zero attached hydrogens (tertiary/aromatic N) is 4. The lowest BCUT2D eigenvalue weighted by Crippen LogP contribution is -2.03. The maximum Gasteiger partial charge on any atom is 0.321 e. The Labute approximate surface area is 108 Å². The van der Waals surface area contributed by atoms with Crippen molar-refractivity contribution in [2.45, 2.75) is 0 Å². The summed E-state index contributed by atoms with van der Waals surface area (Å²) in [6, 6.07) is 6.19. The molecule has 1 heterocycles. The molecule has 2 rings (SSSR count). The van der Waals surface area contributed by atoms with Gasteiger partial charge in [-0.15, -0.1) is 0 Å². The summed E-state index contributed by atoms with van der Waals surface area (Å²) in [5.41, 5.74) is 0.495. The fourth-order valence-corrected chi connectivity index (χ4v) is 1.45. The molecule has 0 saturated heterocycles. The number of hydrogen-bond acceptors (Lipinski definition) is 7. The summed E-state index contributed by atoms with van der Waals surface area (Å²) in [6.07, 6.45) is 0. The third-order valence-corrected chi connectivity index (χ3v) is 2.34. The minimum Gasteiger partial charge on any atom is -0.467 e. The van der Waals surface area contributed by atoms with Gasteiger partial charge in [-0.3, -0.25) is 10.1 Å². The first kappa shape index (κ1) is 12.7. The molecule has 8 heteroatoms. The summed E-state index contributed by atoms with van der Waals surface area (Å²) >= 11 is 0. The van der Waals surface area contributed by atoms with Gasteiger partial charge in [0.15, 0.2) is 5.82 Å². The Hall–Kier alpha value is -2.77. The number of nitro benzene ring substituents is 1. The molecular weight excluding hydrogens is 250 g/mol. The van der Waals surface area contributed by atoms with E-state index in [1.54, 1.807) is 19.2 Å². The summed E-state index contributed by atoms with van der Waals surface area (Å²) in [5, 5.41) is 13.5. The molecule has 0 aliphatic carbocycles. The van der Waals surface area contributed by atoms with E-state index in [-0.39, 0.29) is 11.7 Å². The van der Waals surface area contributed by atoms with Crippen molar-refractivity contribution in [3.63, 3.8) is 0 Å². The number of benzene rings is 1. The molecule has 0 saturated carbocycles. The van der Waals surface area contributed by atoms with Crippen LogP contribution in [0.25, 0.3) is 11.4 Å². The lowest BCUT2D eigenvalue weighted by molar-refractivity contribution is -0.384. The molecular formula is C11H11N5O3. The quantitative estimate of drug-likeness (QED) is 0.656. The maximum absolute atomic E-state index is 10.7. The first-order chi connectivity index (χ1) is 9.13.